The molecule has 0 heterocycles. The second kappa shape index (κ2) is 2.03. The van der Waals surface area contributed by atoms with Crippen molar-refractivity contribution in [1.29, 1.82) is 0 Å². The van der Waals surface area contributed by atoms with E-state index in [4.69, 9.17) is 0 Å². The fraction of sp³-hybridized carbons (Fsp3) is 0. The van der Waals surface area contributed by atoms with E-state index in [2.05, 4.69) is 36.5 Å². The minimum atomic E-state index is 0. The van der Waals surface area contributed by atoms with Crippen molar-refractivity contribution in [2.45, 2.75) is 0 Å². The van der Waals surface area contributed by atoms with Crippen LogP contribution in [0, 0.1) is 0 Å². The van der Waals surface area contributed by atoms with Crippen molar-refractivity contribution < 1.29 is 5.48 Å². The number of hydrogen-bond donors (Lipinski definition) is 1. The van der Waals surface area contributed by atoms with Crippen LogP contribution in [0.1, 0.15) is 0 Å². The first kappa shape index (κ1) is 6.05. The normalized spacial score (nSPS) is 18.7. The summed E-state index contributed by atoms with van der Waals surface area (Å²) in [6, 6.07) is 0. The summed E-state index contributed by atoms with van der Waals surface area (Å²) in [7, 11) is 0. The standard InChI is InChI=1S/C8H6.HO/c1-3-7-5-2-6-8(7)4-1;/h1-6H;1H. The molecular weight excluding hydrogens is 112 g/mol. The topological polar surface area (TPSA) is 30.0 Å². The third-order valence-corrected chi connectivity index (χ3v) is 1.44. The van der Waals surface area contributed by atoms with Gasteiger partial charge in [-0.2, -0.15) is 0 Å². The highest BCUT2D eigenvalue weighted by Crippen LogP contribution is 2.23. The first-order chi connectivity index (χ1) is 3.97. The van der Waals surface area contributed by atoms with E-state index in [9.17, 15) is 0 Å². The van der Waals surface area contributed by atoms with Crippen LogP contribution < -0.4 is 0 Å². The Labute approximate surface area is 54.0 Å². The molecule has 0 aliphatic heterocycles. The molecule has 2 rings (SSSR count). The fourth-order valence-electron chi connectivity index (χ4n) is 1.01. The SMILES string of the molecule is C1=CC2=CC=CC2=C1.[OH]. The van der Waals surface area contributed by atoms with Crippen molar-refractivity contribution in [1.82, 2.24) is 0 Å². The lowest BCUT2D eigenvalue weighted by Crippen LogP contribution is -1.67. The molecular formula is C8H7O. The van der Waals surface area contributed by atoms with Crippen molar-refractivity contribution >= 4 is 0 Å². The van der Waals surface area contributed by atoms with Crippen molar-refractivity contribution in [2.24, 2.45) is 0 Å². The van der Waals surface area contributed by atoms with Crippen LogP contribution in [0.3, 0.4) is 0 Å². The van der Waals surface area contributed by atoms with E-state index >= 15 is 0 Å². The molecule has 1 radical (unpaired) electrons. The molecule has 1 heteroatoms. The van der Waals surface area contributed by atoms with Gasteiger partial charge in [-0.1, -0.05) is 36.5 Å². The summed E-state index contributed by atoms with van der Waals surface area (Å²) in [5.41, 5.74) is 2.70. The van der Waals surface area contributed by atoms with Gasteiger partial charge in [-0.25, -0.2) is 0 Å². The molecule has 0 bridgehead atoms. The predicted molar refractivity (Wildman–Crippen MR) is 36.4 cm³/mol. The molecule has 0 spiro atoms. The zero-order chi connectivity index (χ0) is 5.40. The van der Waals surface area contributed by atoms with E-state index in [-0.39, 0.29) is 5.48 Å². The Kier molecular flexibility index (Phi) is 1.37. The molecule has 1 N–H and O–H groups in total. The molecule has 0 aromatic carbocycles. The summed E-state index contributed by atoms with van der Waals surface area (Å²) < 4.78 is 0. The van der Waals surface area contributed by atoms with Gasteiger partial charge >= 0.3 is 0 Å². The highest BCUT2D eigenvalue weighted by Gasteiger charge is 2.04. The van der Waals surface area contributed by atoms with Gasteiger partial charge in [0.1, 0.15) is 0 Å². The van der Waals surface area contributed by atoms with Crippen LogP contribution >= 0.6 is 0 Å². The molecule has 0 amide bonds. The van der Waals surface area contributed by atoms with Gasteiger partial charge < -0.3 is 0 Å². The predicted octanol–water partition coefficient (Wildman–Crippen LogP) is 1.80. The molecule has 45 valence electrons. The highest BCUT2D eigenvalue weighted by atomic mass is 16.0. The number of allylic oxidation sites excluding steroid dienone is 8. The summed E-state index contributed by atoms with van der Waals surface area (Å²) in [6.45, 7) is 0. The third kappa shape index (κ3) is 0.752. The second-order valence-corrected chi connectivity index (χ2v) is 1.96. The zero-order valence-corrected chi connectivity index (χ0v) is 4.91. The Morgan fingerprint density at radius 3 is 1.67 bits per heavy atom. The third-order valence-electron chi connectivity index (χ3n) is 1.44. The van der Waals surface area contributed by atoms with E-state index in [1.807, 2.05) is 0 Å². The van der Waals surface area contributed by atoms with E-state index in [0.29, 0.717) is 0 Å². The maximum atomic E-state index is 2.12. The van der Waals surface area contributed by atoms with Gasteiger partial charge in [0.05, 0.1) is 0 Å². The monoisotopic (exact) mass is 119 g/mol. The van der Waals surface area contributed by atoms with Crippen molar-refractivity contribution in [2.75, 3.05) is 0 Å². The quantitative estimate of drug-likeness (QED) is 0.504. The largest absolute Gasteiger partial charge is 0.255 e. The summed E-state index contributed by atoms with van der Waals surface area (Å²) >= 11 is 0. The second-order valence-electron chi connectivity index (χ2n) is 1.96. The van der Waals surface area contributed by atoms with Crippen LogP contribution in [0.15, 0.2) is 47.6 Å². The van der Waals surface area contributed by atoms with E-state index in [1.54, 1.807) is 0 Å². The van der Waals surface area contributed by atoms with Gasteiger partial charge in [0, 0.05) is 0 Å². The number of hydrogen-bond acceptors (Lipinski definition) is 0. The Morgan fingerprint density at radius 2 is 1.22 bits per heavy atom. The van der Waals surface area contributed by atoms with E-state index in [1.165, 1.54) is 11.1 Å². The van der Waals surface area contributed by atoms with Crippen molar-refractivity contribution in [3.8, 4) is 0 Å². The summed E-state index contributed by atoms with van der Waals surface area (Å²) in [4.78, 5) is 0. The Hall–Kier alpha value is -1.08. The lowest BCUT2D eigenvalue weighted by atomic mass is 10.2. The minimum Gasteiger partial charge on any atom is -0.255 e. The molecule has 0 saturated carbocycles. The minimum absolute atomic E-state index is 0. The lowest BCUT2D eigenvalue weighted by molar-refractivity contribution is 0.824. The van der Waals surface area contributed by atoms with Gasteiger partial charge in [0.15, 0.2) is 0 Å². The molecule has 0 saturated heterocycles. The fourth-order valence-corrected chi connectivity index (χ4v) is 1.01. The first-order valence-corrected chi connectivity index (χ1v) is 2.74. The van der Waals surface area contributed by atoms with Crippen molar-refractivity contribution in [3.63, 3.8) is 0 Å². The highest BCUT2D eigenvalue weighted by molar-refractivity contribution is 5.59. The van der Waals surface area contributed by atoms with Gasteiger partial charge in [-0.05, 0) is 11.1 Å². The van der Waals surface area contributed by atoms with Crippen LogP contribution in [-0.4, -0.2) is 5.48 Å². The zero-order valence-electron chi connectivity index (χ0n) is 4.91. The Bertz CT molecular complexity index is 203. The molecule has 2 aliphatic rings. The average molecular weight is 119 g/mol. The molecule has 0 fully saturated rings. The molecule has 0 atom stereocenters. The molecule has 2 aliphatic carbocycles. The van der Waals surface area contributed by atoms with Gasteiger partial charge in [0.25, 0.3) is 0 Å². The van der Waals surface area contributed by atoms with Gasteiger partial charge in [0.2, 0.25) is 0 Å². The first-order valence-electron chi connectivity index (χ1n) is 2.74. The molecule has 0 aromatic heterocycles. The molecule has 0 unspecified atom stereocenters. The van der Waals surface area contributed by atoms with E-state index in [0.717, 1.165) is 0 Å². The molecule has 1 nitrogen and oxygen atoms in total. The van der Waals surface area contributed by atoms with Crippen LogP contribution in [-0.2, 0) is 0 Å². The maximum Gasteiger partial charge on any atom is -0.0184 e. The van der Waals surface area contributed by atoms with Gasteiger partial charge in [-0.15, -0.1) is 0 Å². The lowest BCUT2D eigenvalue weighted by Gasteiger charge is -1.85. The number of rotatable bonds is 0. The van der Waals surface area contributed by atoms with Gasteiger partial charge in [-0.3, -0.25) is 5.48 Å². The summed E-state index contributed by atoms with van der Waals surface area (Å²) in [5, 5.41) is 0. The van der Waals surface area contributed by atoms with Crippen LogP contribution in [0.4, 0.5) is 0 Å². The van der Waals surface area contributed by atoms with Crippen molar-refractivity contribution in [3.05, 3.63) is 47.6 Å². The Morgan fingerprint density at radius 1 is 0.778 bits per heavy atom. The molecule has 9 heavy (non-hydrogen) atoms. The molecule has 0 aromatic rings. The van der Waals surface area contributed by atoms with E-state index < -0.39 is 0 Å². The smallest absolute Gasteiger partial charge is 0.0184 e. The van der Waals surface area contributed by atoms with Crippen LogP contribution in [0.5, 0.6) is 0 Å². The number of fused-ring (bicyclic) bond motifs is 1. The average Bonchev–Trinajstić information content (AvgIpc) is 2.15. The van der Waals surface area contributed by atoms with Crippen LogP contribution in [0.25, 0.3) is 0 Å². The van der Waals surface area contributed by atoms with Crippen LogP contribution in [0.2, 0.25) is 0 Å². The Balaban J connectivity index is 0.000000405. The summed E-state index contributed by atoms with van der Waals surface area (Å²) in [5.74, 6) is 0. The maximum absolute atomic E-state index is 2.12. The summed E-state index contributed by atoms with van der Waals surface area (Å²) in [6.07, 6.45) is 12.6.